The number of hydrogen-bond donors (Lipinski definition) is 1. The molecule has 4 aromatic rings. The predicted molar refractivity (Wildman–Crippen MR) is 156 cm³/mol. The molecule has 1 saturated heterocycles. The number of methoxy groups -OCH3 is 1. The molecule has 0 saturated carbocycles. The molecule has 0 aliphatic carbocycles. The van der Waals surface area contributed by atoms with E-state index in [0.717, 1.165) is 40.8 Å². The van der Waals surface area contributed by atoms with Gasteiger partial charge in [0.25, 0.3) is 0 Å². The molecule has 1 aliphatic rings. The van der Waals surface area contributed by atoms with Gasteiger partial charge < -0.3 is 19.3 Å². The highest BCUT2D eigenvalue weighted by Crippen LogP contribution is 2.41. The molecule has 11 heteroatoms. The Hall–Kier alpha value is -2.85. The van der Waals surface area contributed by atoms with Crippen LogP contribution in [0.5, 0.6) is 5.75 Å². The Labute approximate surface area is 241 Å². The molecule has 0 radical (unpaired) electrons. The first kappa shape index (κ1) is 27.7. The molecule has 0 amide bonds. The number of piperazine rings is 1. The summed E-state index contributed by atoms with van der Waals surface area (Å²) in [5, 5.41) is 15.8. The molecule has 1 N–H and O–H groups in total. The predicted octanol–water partition coefficient (Wildman–Crippen LogP) is 7.19. The van der Waals surface area contributed by atoms with E-state index < -0.39 is 5.97 Å². The average Bonchev–Trinajstić information content (AvgIpc) is 3.49. The number of ether oxygens (including phenoxy) is 1. The van der Waals surface area contributed by atoms with Gasteiger partial charge in [0.1, 0.15) is 22.7 Å². The first-order chi connectivity index (χ1) is 18.5. The fourth-order valence-electron chi connectivity index (χ4n) is 5.09. The Kier molecular flexibility index (Phi) is 7.54. The zero-order chi connectivity index (χ0) is 28.1. The van der Waals surface area contributed by atoms with E-state index in [-0.39, 0.29) is 17.0 Å². The van der Waals surface area contributed by atoms with Gasteiger partial charge in [-0.25, -0.2) is 9.78 Å². The van der Waals surface area contributed by atoms with Crippen molar-refractivity contribution in [1.29, 1.82) is 0 Å². The lowest BCUT2D eigenvalue weighted by Crippen LogP contribution is -2.59. The lowest BCUT2D eigenvalue weighted by molar-refractivity contribution is 0.0696. The zero-order valence-electron chi connectivity index (χ0n) is 22.4. The number of rotatable bonds is 7. The SMILES string of the molecule is COc1cc(C(=O)O)cc2sc(N3CCN(Cc4c(-c5c(Cl)cccc5Cl)noc4C(C)C)C(C)(C)C3)nc12. The van der Waals surface area contributed by atoms with Crippen molar-refractivity contribution in [3.63, 3.8) is 0 Å². The van der Waals surface area contributed by atoms with Gasteiger partial charge in [-0.05, 0) is 38.1 Å². The molecule has 0 unspecified atom stereocenters. The molecule has 1 fully saturated rings. The first-order valence-electron chi connectivity index (χ1n) is 12.6. The first-order valence-corrected chi connectivity index (χ1v) is 14.2. The second-order valence-corrected chi connectivity index (χ2v) is 12.4. The van der Waals surface area contributed by atoms with E-state index in [4.69, 9.17) is 37.4 Å². The second kappa shape index (κ2) is 10.6. The summed E-state index contributed by atoms with van der Waals surface area (Å²) in [6.07, 6.45) is 0. The lowest BCUT2D eigenvalue weighted by Gasteiger charge is -2.47. The van der Waals surface area contributed by atoms with Crippen molar-refractivity contribution >= 4 is 55.9 Å². The molecular weight excluding hydrogens is 559 g/mol. The Bertz CT molecular complexity index is 1530. The minimum Gasteiger partial charge on any atom is -0.494 e. The van der Waals surface area contributed by atoms with Gasteiger partial charge in [0.2, 0.25) is 0 Å². The molecular formula is C28H30Cl2N4O4S. The molecule has 2 aromatic carbocycles. The van der Waals surface area contributed by atoms with E-state index in [1.165, 1.54) is 24.5 Å². The highest BCUT2D eigenvalue weighted by Gasteiger charge is 2.37. The van der Waals surface area contributed by atoms with Crippen LogP contribution in [-0.2, 0) is 6.54 Å². The minimum atomic E-state index is -0.994. The zero-order valence-corrected chi connectivity index (χ0v) is 24.7. The van der Waals surface area contributed by atoms with Crippen molar-refractivity contribution in [2.24, 2.45) is 0 Å². The number of carboxylic acids is 1. The monoisotopic (exact) mass is 588 g/mol. The maximum absolute atomic E-state index is 11.6. The number of fused-ring (bicyclic) bond motifs is 1. The number of aromatic carboxylic acids is 1. The maximum Gasteiger partial charge on any atom is 0.335 e. The number of aromatic nitrogens is 2. The van der Waals surface area contributed by atoms with E-state index in [1.807, 2.05) is 18.2 Å². The van der Waals surface area contributed by atoms with Crippen LogP contribution in [0, 0.1) is 0 Å². The largest absolute Gasteiger partial charge is 0.494 e. The third-order valence-corrected chi connectivity index (χ3v) is 8.84. The van der Waals surface area contributed by atoms with Crippen LogP contribution in [0.4, 0.5) is 5.13 Å². The molecule has 3 heterocycles. The molecule has 1 aliphatic heterocycles. The summed E-state index contributed by atoms with van der Waals surface area (Å²) in [5.74, 6) is 0.434. The van der Waals surface area contributed by atoms with Gasteiger partial charge in [-0.3, -0.25) is 4.90 Å². The Balaban J connectivity index is 1.44. The standard InChI is InChI=1S/C28H30Cl2N4O4S/c1-15(2)25-17(23(32-38-25)22-18(29)7-6-8-19(22)30)13-34-10-9-33(14-28(34,3)4)27-31-24-20(37-5)11-16(26(35)36)12-21(24)39-27/h6-8,11-12,15H,9-10,13-14H2,1-5H3,(H,35,36). The van der Waals surface area contributed by atoms with E-state index in [9.17, 15) is 9.90 Å². The summed E-state index contributed by atoms with van der Waals surface area (Å²) in [6.45, 7) is 11.5. The second-order valence-electron chi connectivity index (χ2n) is 10.6. The van der Waals surface area contributed by atoms with Crippen LogP contribution in [0.1, 0.15) is 55.3 Å². The van der Waals surface area contributed by atoms with Crippen molar-refractivity contribution in [1.82, 2.24) is 15.0 Å². The summed E-state index contributed by atoms with van der Waals surface area (Å²) in [6, 6.07) is 8.62. The third kappa shape index (κ3) is 5.20. The van der Waals surface area contributed by atoms with E-state index in [1.54, 1.807) is 6.07 Å². The van der Waals surface area contributed by atoms with Gasteiger partial charge in [-0.1, -0.05) is 59.6 Å². The van der Waals surface area contributed by atoms with Gasteiger partial charge in [0, 0.05) is 48.8 Å². The summed E-state index contributed by atoms with van der Waals surface area (Å²) < 4.78 is 12.1. The van der Waals surface area contributed by atoms with Crippen LogP contribution in [0.25, 0.3) is 21.5 Å². The lowest BCUT2D eigenvalue weighted by atomic mass is 9.95. The summed E-state index contributed by atoms with van der Waals surface area (Å²) in [5.41, 5.74) is 3.00. The third-order valence-electron chi connectivity index (χ3n) is 7.15. The van der Waals surface area contributed by atoms with Crippen molar-refractivity contribution in [3.05, 3.63) is 57.3 Å². The number of hydrogen-bond acceptors (Lipinski definition) is 8. The van der Waals surface area contributed by atoms with Crippen LogP contribution < -0.4 is 9.64 Å². The number of benzene rings is 2. The number of thiazole rings is 1. The van der Waals surface area contributed by atoms with Crippen LogP contribution in [0.15, 0.2) is 34.9 Å². The number of nitrogens with zero attached hydrogens (tertiary/aromatic N) is 4. The highest BCUT2D eigenvalue weighted by molar-refractivity contribution is 7.22. The van der Waals surface area contributed by atoms with Crippen molar-refractivity contribution in [3.8, 4) is 17.0 Å². The van der Waals surface area contributed by atoms with Crippen LogP contribution >= 0.6 is 34.5 Å². The minimum absolute atomic E-state index is 0.139. The number of anilines is 1. The van der Waals surface area contributed by atoms with Gasteiger partial charge in [0.05, 0.1) is 27.4 Å². The van der Waals surface area contributed by atoms with Gasteiger partial charge in [0.15, 0.2) is 5.13 Å². The number of carbonyl (C=O) groups is 1. The maximum atomic E-state index is 11.6. The van der Waals surface area contributed by atoms with Crippen LogP contribution in [-0.4, -0.2) is 58.4 Å². The molecule has 8 nitrogen and oxygen atoms in total. The van der Waals surface area contributed by atoms with Gasteiger partial charge >= 0.3 is 5.97 Å². The Morgan fingerprint density at radius 1 is 1.23 bits per heavy atom. The Morgan fingerprint density at radius 2 is 1.95 bits per heavy atom. The van der Waals surface area contributed by atoms with Gasteiger partial charge in [-0.15, -0.1) is 0 Å². The van der Waals surface area contributed by atoms with E-state index in [2.05, 4.69) is 42.7 Å². The normalized spacial score (nSPS) is 15.8. The van der Waals surface area contributed by atoms with Crippen molar-refractivity contribution < 1.29 is 19.2 Å². The van der Waals surface area contributed by atoms with Crippen molar-refractivity contribution in [2.45, 2.75) is 45.7 Å². The van der Waals surface area contributed by atoms with Crippen LogP contribution in [0.3, 0.4) is 0 Å². The molecule has 206 valence electrons. The number of halogens is 2. The summed E-state index contributed by atoms with van der Waals surface area (Å²) in [7, 11) is 1.53. The highest BCUT2D eigenvalue weighted by atomic mass is 35.5. The molecule has 0 spiro atoms. The fraction of sp³-hybridized carbons (Fsp3) is 0.393. The average molecular weight is 590 g/mol. The molecule has 0 bridgehead atoms. The topological polar surface area (TPSA) is 91.9 Å². The number of carboxylic acid groups (broad SMARTS) is 1. The quantitative estimate of drug-likeness (QED) is 0.242. The van der Waals surface area contributed by atoms with Crippen LogP contribution in [0.2, 0.25) is 10.0 Å². The molecule has 5 rings (SSSR count). The van der Waals surface area contributed by atoms with E-state index >= 15 is 0 Å². The summed E-state index contributed by atoms with van der Waals surface area (Å²) in [4.78, 5) is 21.1. The van der Waals surface area contributed by atoms with Gasteiger partial charge in [-0.2, -0.15) is 0 Å². The van der Waals surface area contributed by atoms with E-state index in [0.29, 0.717) is 39.1 Å². The molecule has 39 heavy (non-hydrogen) atoms. The van der Waals surface area contributed by atoms with Crippen molar-refractivity contribution in [2.75, 3.05) is 31.6 Å². The fourth-order valence-corrected chi connectivity index (χ4v) is 6.71. The summed E-state index contributed by atoms with van der Waals surface area (Å²) >= 11 is 14.6. The molecule has 2 aromatic heterocycles. The Morgan fingerprint density at radius 3 is 2.56 bits per heavy atom. The molecule has 0 atom stereocenters. The smallest absolute Gasteiger partial charge is 0.335 e.